The van der Waals surface area contributed by atoms with Crippen molar-refractivity contribution in [1.82, 2.24) is 14.7 Å². The molecule has 5 nitrogen and oxygen atoms in total. The van der Waals surface area contributed by atoms with Crippen molar-refractivity contribution < 1.29 is 4.79 Å². The maximum Gasteiger partial charge on any atom is 0.241 e. The Labute approximate surface area is 168 Å². The van der Waals surface area contributed by atoms with Gasteiger partial charge < -0.3 is 10.6 Å². The van der Waals surface area contributed by atoms with Crippen LogP contribution in [0.1, 0.15) is 32.1 Å². The normalized spacial score (nSPS) is 24.4. The molecule has 0 radical (unpaired) electrons. The third-order valence-electron chi connectivity index (χ3n) is 5.72. The van der Waals surface area contributed by atoms with Crippen LogP contribution in [0.25, 0.3) is 16.2 Å². The first kappa shape index (κ1) is 18.5. The number of nitrogens with zero attached hydrogens (tertiary/aromatic N) is 2. The van der Waals surface area contributed by atoms with E-state index in [0.717, 1.165) is 28.3 Å². The van der Waals surface area contributed by atoms with E-state index < -0.39 is 0 Å². The van der Waals surface area contributed by atoms with Crippen LogP contribution in [0.4, 0.5) is 5.69 Å². The fourth-order valence-electron chi connectivity index (χ4n) is 4.34. The number of aromatic nitrogens is 2. The maximum atomic E-state index is 12.6. The number of hydrogen-bond acceptors (Lipinski definition) is 4. The molecule has 1 amide bonds. The molecule has 1 aliphatic carbocycles. The number of nitrogens with one attached hydrogen (secondary N) is 2. The Kier molecular flexibility index (Phi) is 5.21. The zero-order valence-electron chi connectivity index (χ0n) is 14.9. The minimum atomic E-state index is -0.0531. The molecule has 1 saturated carbocycles. The third-order valence-corrected chi connectivity index (χ3v) is 6.49. The summed E-state index contributed by atoms with van der Waals surface area (Å²) in [5.74, 6) is 0.770. The van der Waals surface area contributed by atoms with E-state index in [1.807, 2.05) is 46.4 Å². The minimum Gasteiger partial charge on any atom is -0.325 e. The number of rotatable bonds is 3. The lowest BCUT2D eigenvalue weighted by molar-refractivity contribution is -0.117. The number of anilines is 1. The van der Waals surface area contributed by atoms with Crippen molar-refractivity contribution in [2.75, 3.05) is 5.32 Å². The molecule has 5 rings (SSSR count). The molecule has 2 fully saturated rings. The van der Waals surface area contributed by atoms with E-state index in [1.165, 1.54) is 25.7 Å². The molecule has 2 N–H and O–H groups in total. The first-order valence-electron chi connectivity index (χ1n) is 9.36. The highest BCUT2D eigenvalue weighted by Crippen LogP contribution is 2.33. The van der Waals surface area contributed by atoms with Gasteiger partial charge in [-0.15, -0.1) is 23.7 Å². The fraction of sp³-hybridized carbons (Fsp3) is 0.400. The molecule has 27 heavy (non-hydrogen) atoms. The lowest BCUT2D eigenvalue weighted by atomic mass is 9.85. The summed E-state index contributed by atoms with van der Waals surface area (Å²) < 4.78 is 2.03. The Morgan fingerprint density at radius 1 is 1.22 bits per heavy atom. The highest BCUT2D eigenvalue weighted by atomic mass is 35.5. The molecule has 3 heterocycles. The second-order valence-corrected chi connectivity index (χ2v) is 8.26. The van der Waals surface area contributed by atoms with Crippen LogP contribution < -0.4 is 10.6 Å². The zero-order chi connectivity index (χ0) is 17.5. The van der Waals surface area contributed by atoms with Gasteiger partial charge in [-0.3, -0.25) is 9.20 Å². The number of hydrogen-bond donors (Lipinski definition) is 2. The second kappa shape index (κ2) is 7.62. The number of thiazole rings is 1. The molecule has 3 unspecified atom stereocenters. The lowest BCUT2D eigenvalue weighted by Gasteiger charge is -2.24. The molecular formula is C20H23ClN4OS. The van der Waals surface area contributed by atoms with E-state index in [4.69, 9.17) is 0 Å². The van der Waals surface area contributed by atoms with Gasteiger partial charge in [0.15, 0.2) is 4.96 Å². The number of benzene rings is 1. The van der Waals surface area contributed by atoms with Crippen molar-refractivity contribution in [3.63, 3.8) is 0 Å². The smallest absolute Gasteiger partial charge is 0.241 e. The van der Waals surface area contributed by atoms with Gasteiger partial charge in [-0.05, 0) is 37.3 Å². The van der Waals surface area contributed by atoms with Crippen LogP contribution in [0.15, 0.2) is 42.0 Å². The van der Waals surface area contributed by atoms with Crippen molar-refractivity contribution in [2.24, 2.45) is 5.92 Å². The van der Waals surface area contributed by atoms with Gasteiger partial charge in [-0.1, -0.05) is 25.0 Å². The van der Waals surface area contributed by atoms with E-state index in [9.17, 15) is 4.79 Å². The maximum absolute atomic E-state index is 12.6. The van der Waals surface area contributed by atoms with Gasteiger partial charge in [0.1, 0.15) is 0 Å². The van der Waals surface area contributed by atoms with Crippen LogP contribution in [-0.2, 0) is 4.79 Å². The van der Waals surface area contributed by atoms with Gasteiger partial charge in [0.05, 0.1) is 11.7 Å². The molecule has 1 saturated heterocycles. The second-order valence-electron chi connectivity index (χ2n) is 7.39. The SMILES string of the molecule is Cl.O=C(Nc1ccc(-c2cn3ccsc3n2)cc1)C1CC2CCCCC2N1. The Hall–Kier alpha value is -1.89. The predicted molar refractivity (Wildman–Crippen MR) is 112 cm³/mol. The van der Waals surface area contributed by atoms with Gasteiger partial charge >= 0.3 is 0 Å². The third kappa shape index (κ3) is 3.61. The van der Waals surface area contributed by atoms with Crippen molar-refractivity contribution in [3.05, 3.63) is 42.0 Å². The number of amides is 1. The molecular weight excluding hydrogens is 380 g/mol. The van der Waals surface area contributed by atoms with E-state index >= 15 is 0 Å². The highest BCUT2D eigenvalue weighted by molar-refractivity contribution is 7.15. The number of fused-ring (bicyclic) bond motifs is 2. The highest BCUT2D eigenvalue weighted by Gasteiger charge is 2.38. The zero-order valence-corrected chi connectivity index (χ0v) is 16.6. The van der Waals surface area contributed by atoms with E-state index in [0.29, 0.717) is 12.0 Å². The molecule has 2 aliphatic rings. The van der Waals surface area contributed by atoms with Gasteiger partial charge in [0.25, 0.3) is 0 Å². The average molecular weight is 403 g/mol. The Morgan fingerprint density at radius 2 is 2.04 bits per heavy atom. The van der Waals surface area contributed by atoms with Crippen LogP contribution in [-0.4, -0.2) is 27.4 Å². The molecule has 3 aromatic rings. The first-order valence-corrected chi connectivity index (χ1v) is 10.2. The summed E-state index contributed by atoms with van der Waals surface area (Å²) in [5.41, 5.74) is 2.86. The molecule has 0 spiro atoms. The topological polar surface area (TPSA) is 58.4 Å². The van der Waals surface area contributed by atoms with Crippen molar-refractivity contribution in [2.45, 2.75) is 44.2 Å². The van der Waals surface area contributed by atoms with Crippen molar-refractivity contribution in [3.8, 4) is 11.3 Å². The fourth-order valence-corrected chi connectivity index (χ4v) is 5.04. The predicted octanol–water partition coefficient (Wildman–Crippen LogP) is 4.34. The van der Waals surface area contributed by atoms with E-state index in [2.05, 4.69) is 15.6 Å². The Bertz CT molecular complexity index is 893. The average Bonchev–Trinajstić information content (AvgIpc) is 3.36. The molecule has 1 aromatic carbocycles. The van der Waals surface area contributed by atoms with E-state index in [1.54, 1.807) is 11.3 Å². The molecule has 1 aliphatic heterocycles. The van der Waals surface area contributed by atoms with Crippen LogP contribution >= 0.6 is 23.7 Å². The molecule has 3 atom stereocenters. The van der Waals surface area contributed by atoms with Gasteiger partial charge in [-0.25, -0.2) is 4.98 Å². The number of carbonyl (C=O) groups excluding carboxylic acids is 1. The molecule has 142 valence electrons. The molecule has 2 aromatic heterocycles. The van der Waals surface area contributed by atoms with Crippen molar-refractivity contribution >= 4 is 40.3 Å². The summed E-state index contributed by atoms with van der Waals surface area (Å²) in [4.78, 5) is 18.2. The first-order chi connectivity index (χ1) is 12.8. The Morgan fingerprint density at radius 3 is 2.81 bits per heavy atom. The standard InChI is InChI=1S/C20H22N4OS.ClH/c25-19(17-11-14-3-1-2-4-16(14)22-17)21-15-7-5-13(6-8-15)18-12-24-9-10-26-20(24)23-18;/h5-10,12,14,16-17,22H,1-4,11H2,(H,21,25);1H. The number of imidazole rings is 1. The number of halogens is 1. The summed E-state index contributed by atoms with van der Waals surface area (Å²) in [6.45, 7) is 0. The summed E-state index contributed by atoms with van der Waals surface area (Å²) in [6, 6.07) is 8.44. The van der Waals surface area contributed by atoms with Crippen LogP contribution in [0.3, 0.4) is 0 Å². The van der Waals surface area contributed by atoms with Gasteiger partial charge in [-0.2, -0.15) is 0 Å². The van der Waals surface area contributed by atoms with Crippen LogP contribution in [0.2, 0.25) is 0 Å². The minimum absolute atomic E-state index is 0. The van der Waals surface area contributed by atoms with Crippen molar-refractivity contribution in [1.29, 1.82) is 0 Å². The van der Waals surface area contributed by atoms with Crippen LogP contribution in [0, 0.1) is 5.92 Å². The lowest BCUT2D eigenvalue weighted by Crippen LogP contribution is -2.39. The van der Waals surface area contributed by atoms with Gasteiger partial charge in [0.2, 0.25) is 5.91 Å². The summed E-state index contributed by atoms with van der Waals surface area (Å²) >= 11 is 1.62. The largest absolute Gasteiger partial charge is 0.325 e. The Balaban J connectivity index is 0.00000180. The monoisotopic (exact) mass is 402 g/mol. The van der Waals surface area contributed by atoms with E-state index in [-0.39, 0.29) is 24.4 Å². The summed E-state index contributed by atoms with van der Waals surface area (Å²) in [7, 11) is 0. The number of carbonyl (C=O) groups is 1. The molecule has 7 heteroatoms. The van der Waals surface area contributed by atoms with Gasteiger partial charge in [0, 0.05) is 35.1 Å². The molecule has 0 bridgehead atoms. The summed E-state index contributed by atoms with van der Waals surface area (Å²) in [5, 5.41) is 8.63. The summed E-state index contributed by atoms with van der Waals surface area (Å²) in [6.07, 6.45) is 10.1. The van der Waals surface area contributed by atoms with Crippen LogP contribution in [0.5, 0.6) is 0 Å². The quantitative estimate of drug-likeness (QED) is 0.685.